The number of benzene rings is 4. The van der Waals surface area contributed by atoms with Crippen molar-refractivity contribution in [3.8, 4) is 46.0 Å². The summed E-state index contributed by atoms with van der Waals surface area (Å²) in [5.74, 6) is 1.05. The number of nitrogens with zero attached hydrogens (tertiary/aromatic N) is 2. The summed E-state index contributed by atoms with van der Waals surface area (Å²) in [6, 6.07) is 19.3. The Morgan fingerprint density at radius 3 is 1.10 bits per heavy atom. The fourth-order valence-corrected chi connectivity index (χ4v) is 5.54. The van der Waals surface area contributed by atoms with E-state index in [4.69, 9.17) is 37.9 Å². The molecule has 16 heteroatoms. The minimum absolute atomic E-state index is 0.208. The van der Waals surface area contributed by atoms with Gasteiger partial charge in [0.25, 0.3) is 0 Å². The minimum Gasteiger partial charge on any atom is -0.493 e. The highest BCUT2D eigenvalue weighted by molar-refractivity contribution is 5.94. The number of hydrogen-bond donors (Lipinski definition) is 2. The second-order valence-corrected chi connectivity index (χ2v) is 12.6. The molecule has 4 aromatic carbocycles. The van der Waals surface area contributed by atoms with Gasteiger partial charge >= 0.3 is 11.9 Å². The van der Waals surface area contributed by atoms with Gasteiger partial charge in [-0.3, -0.25) is 9.59 Å². The third-order valence-electron chi connectivity index (χ3n) is 8.60. The summed E-state index contributed by atoms with van der Waals surface area (Å²) in [6.07, 6.45) is 7.54. The first-order chi connectivity index (χ1) is 28.6. The quantitative estimate of drug-likeness (QED) is 0.0288. The number of carbonyl (C=O) groups excluding carboxylic acids is 4. The maximum Gasteiger partial charge on any atom is 0.343 e. The Morgan fingerprint density at radius 2 is 0.797 bits per heavy atom. The van der Waals surface area contributed by atoms with E-state index in [-0.39, 0.29) is 22.9 Å². The van der Waals surface area contributed by atoms with Gasteiger partial charge in [-0.1, -0.05) is 19.3 Å². The fourth-order valence-electron chi connectivity index (χ4n) is 5.54. The van der Waals surface area contributed by atoms with E-state index in [9.17, 15) is 19.2 Å². The average Bonchev–Trinajstić information content (AvgIpc) is 3.25. The Kier molecular flexibility index (Phi) is 17.5. The summed E-state index contributed by atoms with van der Waals surface area (Å²) in [5.41, 5.74) is 6.86. The van der Waals surface area contributed by atoms with Gasteiger partial charge in [0.1, 0.15) is 11.5 Å². The van der Waals surface area contributed by atoms with Crippen molar-refractivity contribution < 1.29 is 57.1 Å². The molecular weight excluding hydrogens is 764 g/mol. The molecule has 0 unspecified atom stereocenters. The number of nitrogens with one attached hydrogen (secondary N) is 2. The smallest absolute Gasteiger partial charge is 0.343 e. The molecule has 0 heterocycles. The molecule has 16 nitrogen and oxygen atoms in total. The average molecular weight is 813 g/mol. The number of unbranched alkanes of at least 4 members (excludes halogenated alkanes) is 4. The van der Waals surface area contributed by atoms with Crippen LogP contribution in [0.1, 0.15) is 76.8 Å². The van der Waals surface area contributed by atoms with E-state index in [1.165, 1.54) is 79.4 Å². The van der Waals surface area contributed by atoms with E-state index in [2.05, 4.69) is 21.1 Å². The molecule has 0 aliphatic heterocycles. The molecule has 0 atom stereocenters. The van der Waals surface area contributed by atoms with E-state index in [1.54, 1.807) is 48.5 Å². The zero-order valence-corrected chi connectivity index (χ0v) is 33.8. The second kappa shape index (κ2) is 23.2. The number of rotatable bonds is 22. The fraction of sp³-hybridized carbons (Fsp3) is 0.302. The molecule has 59 heavy (non-hydrogen) atoms. The molecule has 0 saturated carbocycles. The number of hydrogen-bond acceptors (Lipinski definition) is 14. The van der Waals surface area contributed by atoms with Crippen molar-refractivity contribution in [1.82, 2.24) is 10.9 Å². The van der Waals surface area contributed by atoms with Crippen molar-refractivity contribution in [1.29, 1.82) is 0 Å². The number of carbonyl (C=O) groups is 4. The number of ether oxygens (including phenoxy) is 8. The van der Waals surface area contributed by atoms with Crippen molar-refractivity contribution in [2.45, 2.75) is 44.9 Å². The standard InChI is InChI=1S/C43H48N4O12/c1-52-34-22-30(23-35(53-2)40(34)56-5)42(50)58-32-18-14-28(15-19-32)26-44-46-38(48)12-10-8-7-9-11-13-39(49)47-45-27-29-16-20-33(21-17-29)59-43(51)31-24-36(54-3)41(57-6)37(25-31)55-4/h14-27H,7-13H2,1-6H3,(H,46,48)(H,47,49). The first-order valence-electron chi connectivity index (χ1n) is 18.5. The van der Waals surface area contributed by atoms with Crippen molar-refractivity contribution >= 4 is 36.2 Å². The topological polar surface area (TPSA) is 191 Å². The lowest BCUT2D eigenvalue weighted by Crippen LogP contribution is -2.17. The maximum atomic E-state index is 12.7. The van der Waals surface area contributed by atoms with Gasteiger partial charge in [-0.25, -0.2) is 20.4 Å². The predicted molar refractivity (Wildman–Crippen MR) is 219 cm³/mol. The molecule has 0 saturated heterocycles. The summed E-state index contributed by atoms with van der Waals surface area (Å²) >= 11 is 0. The van der Waals surface area contributed by atoms with Crippen molar-refractivity contribution in [3.63, 3.8) is 0 Å². The maximum absolute atomic E-state index is 12.7. The highest BCUT2D eigenvalue weighted by Crippen LogP contribution is 2.39. The number of hydrazone groups is 2. The van der Waals surface area contributed by atoms with E-state index in [0.717, 1.165) is 19.3 Å². The third-order valence-corrected chi connectivity index (χ3v) is 8.60. The summed E-state index contributed by atoms with van der Waals surface area (Å²) in [5, 5.41) is 8.02. The largest absolute Gasteiger partial charge is 0.493 e. The van der Waals surface area contributed by atoms with E-state index >= 15 is 0 Å². The zero-order chi connectivity index (χ0) is 42.6. The summed E-state index contributed by atoms with van der Waals surface area (Å²) < 4.78 is 42.7. The Labute approximate surface area is 342 Å². The van der Waals surface area contributed by atoms with Gasteiger partial charge in [-0.05, 0) is 96.8 Å². The van der Waals surface area contributed by atoms with Crippen LogP contribution in [-0.2, 0) is 9.59 Å². The van der Waals surface area contributed by atoms with Crippen LogP contribution < -0.4 is 48.7 Å². The predicted octanol–water partition coefficient (Wildman–Crippen LogP) is 6.51. The molecule has 0 fully saturated rings. The van der Waals surface area contributed by atoms with Crippen LogP contribution in [0, 0.1) is 0 Å². The Morgan fingerprint density at radius 1 is 0.475 bits per heavy atom. The van der Waals surface area contributed by atoms with Crippen LogP contribution in [-0.4, -0.2) is 78.8 Å². The van der Waals surface area contributed by atoms with E-state index in [0.29, 0.717) is 82.8 Å². The molecule has 2 amide bonds. The van der Waals surface area contributed by atoms with Crippen LogP contribution in [0.2, 0.25) is 0 Å². The number of amides is 2. The molecule has 0 aromatic heterocycles. The summed E-state index contributed by atoms with van der Waals surface area (Å²) in [6.45, 7) is 0. The second-order valence-electron chi connectivity index (χ2n) is 12.6. The molecule has 0 spiro atoms. The van der Waals surface area contributed by atoms with E-state index < -0.39 is 11.9 Å². The molecule has 4 rings (SSSR count). The van der Waals surface area contributed by atoms with Crippen LogP contribution in [0.5, 0.6) is 46.0 Å². The van der Waals surface area contributed by atoms with Gasteiger partial charge in [0.2, 0.25) is 23.3 Å². The van der Waals surface area contributed by atoms with Crippen LogP contribution in [0.15, 0.2) is 83.0 Å². The minimum atomic E-state index is -0.606. The molecular formula is C43H48N4O12. The first kappa shape index (κ1) is 44.6. The normalized spacial score (nSPS) is 10.8. The monoisotopic (exact) mass is 812 g/mol. The summed E-state index contributed by atoms with van der Waals surface area (Å²) in [7, 11) is 8.78. The Hall–Kier alpha value is -7.10. The van der Waals surface area contributed by atoms with Crippen molar-refractivity contribution in [3.05, 3.63) is 95.1 Å². The first-order valence-corrected chi connectivity index (χ1v) is 18.5. The van der Waals surface area contributed by atoms with Crippen LogP contribution in [0.4, 0.5) is 0 Å². The SMILES string of the molecule is COc1cc(C(=O)Oc2ccc(C=NNC(=O)CCCCCCCC(=O)NN=Cc3ccc(OC(=O)c4cc(OC)c(OC)c(OC)c4)cc3)cc2)cc(OC)c1OC. The molecule has 2 N–H and O–H groups in total. The molecule has 0 aliphatic rings. The number of esters is 2. The molecule has 0 bridgehead atoms. The highest BCUT2D eigenvalue weighted by atomic mass is 16.6. The summed E-state index contributed by atoms with van der Waals surface area (Å²) in [4.78, 5) is 49.9. The lowest BCUT2D eigenvalue weighted by Gasteiger charge is -2.13. The molecule has 4 aromatic rings. The van der Waals surface area contributed by atoms with Gasteiger partial charge < -0.3 is 37.9 Å². The van der Waals surface area contributed by atoms with Crippen molar-refractivity contribution in [2.24, 2.45) is 10.2 Å². The molecule has 0 aliphatic carbocycles. The zero-order valence-electron chi connectivity index (χ0n) is 33.8. The van der Waals surface area contributed by atoms with Gasteiger partial charge in [0.15, 0.2) is 23.0 Å². The third kappa shape index (κ3) is 13.5. The lowest BCUT2D eigenvalue weighted by molar-refractivity contribution is -0.121. The highest BCUT2D eigenvalue weighted by Gasteiger charge is 2.20. The van der Waals surface area contributed by atoms with Crippen LogP contribution >= 0.6 is 0 Å². The molecule has 312 valence electrons. The van der Waals surface area contributed by atoms with Gasteiger partial charge in [0.05, 0.1) is 66.2 Å². The number of methoxy groups -OCH3 is 6. The van der Waals surface area contributed by atoms with Gasteiger partial charge in [-0.15, -0.1) is 0 Å². The van der Waals surface area contributed by atoms with Crippen molar-refractivity contribution in [2.75, 3.05) is 42.7 Å². The van der Waals surface area contributed by atoms with E-state index in [1.807, 2.05) is 0 Å². The molecule has 0 radical (unpaired) electrons. The van der Waals surface area contributed by atoms with Crippen LogP contribution in [0.25, 0.3) is 0 Å². The Bertz CT molecular complexity index is 1900. The lowest BCUT2D eigenvalue weighted by atomic mass is 10.1. The van der Waals surface area contributed by atoms with Gasteiger partial charge in [-0.2, -0.15) is 10.2 Å². The van der Waals surface area contributed by atoms with Crippen LogP contribution in [0.3, 0.4) is 0 Å². The Balaban J connectivity index is 1.07. The van der Waals surface area contributed by atoms with Gasteiger partial charge in [0, 0.05) is 12.8 Å².